The van der Waals surface area contributed by atoms with E-state index in [1.807, 2.05) is 0 Å². The third-order valence-corrected chi connectivity index (χ3v) is 1.03. The molecule has 0 saturated heterocycles. The molecule has 0 aliphatic carbocycles. The Hall–Kier alpha value is -1.99. The fraction of sp³-hybridized carbons (Fsp3) is 0.400. The lowest BCUT2D eigenvalue weighted by Gasteiger charge is -2.13. The molecule has 0 heterocycles. The van der Waals surface area contributed by atoms with Gasteiger partial charge in [-0.2, -0.15) is 0 Å². The fourth-order valence-corrected chi connectivity index (χ4v) is 0.411. The van der Waals surface area contributed by atoms with E-state index < -0.39 is 5.97 Å². The molecule has 8 nitrogen and oxygen atoms in total. The van der Waals surface area contributed by atoms with E-state index in [4.69, 9.17) is 22.6 Å². The summed E-state index contributed by atoms with van der Waals surface area (Å²) in [4.78, 5) is 16.2. The number of hydrogen-bond acceptors (Lipinski definition) is 4. The number of nitrogens with zero attached hydrogens (tertiary/aromatic N) is 2. The number of carbonyl (C=O) groups is 1. The summed E-state index contributed by atoms with van der Waals surface area (Å²) in [6.45, 7) is -0.188. The quantitative estimate of drug-likeness (QED) is 0.167. The van der Waals surface area contributed by atoms with Crippen LogP contribution < -0.4 is 17.2 Å². The van der Waals surface area contributed by atoms with E-state index in [1.54, 1.807) is 0 Å². The van der Waals surface area contributed by atoms with Gasteiger partial charge in [0.25, 0.3) is 0 Å². The minimum Gasteiger partial charge on any atom is -0.370 e. The van der Waals surface area contributed by atoms with Crippen LogP contribution in [0.25, 0.3) is 0 Å². The number of oxime groups is 1. The van der Waals surface area contributed by atoms with E-state index in [0.29, 0.717) is 0 Å². The molecule has 0 atom stereocenters. The van der Waals surface area contributed by atoms with E-state index in [2.05, 4.69) is 9.99 Å². The van der Waals surface area contributed by atoms with E-state index in [1.165, 1.54) is 11.9 Å². The van der Waals surface area contributed by atoms with Gasteiger partial charge in [-0.1, -0.05) is 0 Å². The Morgan fingerprint density at radius 3 is 2.46 bits per heavy atom. The van der Waals surface area contributed by atoms with Crippen molar-refractivity contribution in [2.45, 2.75) is 0 Å². The summed E-state index contributed by atoms with van der Waals surface area (Å²) in [5.41, 5.74) is 14.9. The molecule has 0 unspecified atom stereocenters. The van der Waals surface area contributed by atoms with Crippen LogP contribution in [0.3, 0.4) is 0 Å². The lowest BCUT2D eigenvalue weighted by Crippen LogP contribution is -2.37. The largest absolute Gasteiger partial charge is 0.370 e. The van der Waals surface area contributed by atoms with Gasteiger partial charge in [0.15, 0.2) is 5.96 Å². The summed E-state index contributed by atoms with van der Waals surface area (Å²) in [5, 5.41) is 9.94. The molecule has 0 aromatic rings. The van der Waals surface area contributed by atoms with Crippen LogP contribution in [0.15, 0.2) is 5.16 Å². The third kappa shape index (κ3) is 5.30. The van der Waals surface area contributed by atoms with Gasteiger partial charge in [0.2, 0.25) is 5.96 Å². The Balaban J connectivity index is 3.88. The highest BCUT2D eigenvalue weighted by atomic mass is 16.7. The predicted molar refractivity (Wildman–Crippen MR) is 46.4 cm³/mol. The maximum Gasteiger partial charge on any atom is 0.354 e. The standard InChI is InChI=1S/C5H12N6O2/c1-11(5(8)9)2-3(12)13-10-4(6)7/h2H2,1H3,(H3,8,9)(H4,6,7,10). The fourth-order valence-electron chi connectivity index (χ4n) is 0.411. The second-order valence-corrected chi connectivity index (χ2v) is 2.22. The molecule has 0 bridgehead atoms. The number of nitrogens with two attached hydrogens (primary N) is 3. The predicted octanol–water partition coefficient (Wildman–Crippen LogP) is -2.46. The van der Waals surface area contributed by atoms with Crippen molar-refractivity contribution in [2.75, 3.05) is 13.6 Å². The van der Waals surface area contributed by atoms with E-state index in [0.717, 1.165) is 0 Å². The molecule has 0 aliphatic rings. The van der Waals surface area contributed by atoms with Crippen LogP contribution in [0.4, 0.5) is 0 Å². The van der Waals surface area contributed by atoms with Gasteiger partial charge in [0, 0.05) is 7.05 Å². The topological polar surface area (TPSA) is 144 Å². The second kappa shape index (κ2) is 4.80. The van der Waals surface area contributed by atoms with Gasteiger partial charge >= 0.3 is 5.97 Å². The number of carbonyl (C=O) groups excluding carboxylic acids is 1. The van der Waals surface area contributed by atoms with Crippen molar-refractivity contribution in [1.82, 2.24) is 4.90 Å². The number of likely N-dealkylation sites (N-methyl/N-ethyl adjacent to an activating group) is 1. The van der Waals surface area contributed by atoms with Gasteiger partial charge in [-0.05, 0) is 5.16 Å². The Labute approximate surface area is 74.8 Å². The number of rotatable bonds is 3. The zero-order valence-corrected chi connectivity index (χ0v) is 7.15. The summed E-state index contributed by atoms with van der Waals surface area (Å²) >= 11 is 0. The first-order valence-electron chi connectivity index (χ1n) is 3.27. The molecule has 0 saturated carbocycles. The molecule has 0 fully saturated rings. The number of hydrogen-bond donors (Lipinski definition) is 4. The SMILES string of the molecule is CN(CC(=O)ON=C(N)N)C(=N)N. The molecular formula is C5H12N6O2. The summed E-state index contributed by atoms with van der Waals surface area (Å²) in [7, 11) is 1.46. The molecule has 8 heteroatoms. The minimum absolute atomic E-state index is 0.188. The summed E-state index contributed by atoms with van der Waals surface area (Å²) in [5.74, 6) is -1.30. The van der Waals surface area contributed by atoms with Crippen LogP contribution in [-0.2, 0) is 9.63 Å². The highest BCUT2D eigenvalue weighted by molar-refractivity contribution is 5.81. The van der Waals surface area contributed by atoms with Gasteiger partial charge in [0.1, 0.15) is 6.54 Å². The molecule has 0 spiro atoms. The second-order valence-electron chi connectivity index (χ2n) is 2.22. The summed E-state index contributed by atoms with van der Waals surface area (Å²) < 4.78 is 0. The minimum atomic E-state index is -0.703. The lowest BCUT2D eigenvalue weighted by molar-refractivity contribution is -0.143. The Morgan fingerprint density at radius 2 is 2.08 bits per heavy atom. The average Bonchev–Trinajstić information content (AvgIpc) is 2.00. The van der Waals surface area contributed by atoms with Crippen molar-refractivity contribution in [3.8, 4) is 0 Å². The van der Waals surface area contributed by atoms with Crippen molar-refractivity contribution in [3.05, 3.63) is 0 Å². The third-order valence-electron chi connectivity index (χ3n) is 1.03. The summed E-state index contributed by atoms with van der Waals surface area (Å²) in [6.07, 6.45) is 0. The molecule has 0 amide bonds. The van der Waals surface area contributed by atoms with Gasteiger partial charge in [-0.3, -0.25) is 5.41 Å². The average molecular weight is 188 g/mol. The smallest absolute Gasteiger partial charge is 0.354 e. The molecule has 74 valence electrons. The zero-order chi connectivity index (χ0) is 10.4. The first kappa shape index (κ1) is 11.0. The Morgan fingerprint density at radius 1 is 1.54 bits per heavy atom. The number of guanidine groups is 2. The highest BCUT2D eigenvalue weighted by Crippen LogP contribution is 1.84. The van der Waals surface area contributed by atoms with Crippen molar-refractivity contribution < 1.29 is 9.63 Å². The lowest BCUT2D eigenvalue weighted by atomic mass is 10.6. The molecule has 0 rings (SSSR count). The van der Waals surface area contributed by atoms with Crippen molar-refractivity contribution in [1.29, 1.82) is 5.41 Å². The van der Waals surface area contributed by atoms with Crippen molar-refractivity contribution in [2.24, 2.45) is 22.4 Å². The van der Waals surface area contributed by atoms with E-state index in [9.17, 15) is 4.79 Å². The van der Waals surface area contributed by atoms with Gasteiger partial charge in [-0.25, -0.2) is 4.79 Å². The molecule has 0 aliphatic heterocycles. The number of nitrogens with one attached hydrogen (secondary N) is 1. The van der Waals surface area contributed by atoms with Crippen LogP contribution in [0.2, 0.25) is 0 Å². The molecular weight excluding hydrogens is 176 g/mol. The van der Waals surface area contributed by atoms with E-state index >= 15 is 0 Å². The van der Waals surface area contributed by atoms with Crippen LogP contribution in [0, 0.1) is 5.41 Å². The molecule has 0 radical (unpaired) electrons. The Kier molecular flexibility index (Phi) is 4.07. The van der Waals surface area contributed by atoms with Gasteiger partial charge in [0.05, 0.1) is 0 Å². The van der Waals surface area contributed by atoms with Crippen molar-refractivity contribution in [3.63, 3.8) is 0 Å². The maximum atomic E-state index is 10.8. The van der Waals surface area contributed by atoms with Crippen LogP contribution in [0.1, 0.15) is 0 Å². The molecule has 7 N–H and O–H groups in total. The molecule has 0 aromatic heterocycles. The maximum absolute atomic E-state index is 10.8. The highest BCUT2D eigenvalue weighted by Gasteiger charge is 2.08. The van der Waals surface area contributed by atoms with Crippen molar-refractivity contribution >= 4 is 17.9 Å². The van der Waals surface area contributed by atoms with Crippen LogP contribution in [-0.4, -0.2) is 36.4 Å². The van der Waals surface area contributed by atoms with Crippen LogP contribution in [0.5, 0.6) is 0 Å². The first-order valence-corrected chi connectivity index (χ1v) is 3.27. The van der Waals surface area contributed by atoms with Gasteiger partial charge in [-0.15, -0.1) is 0 Å². The first-order chi connectivity index (χ1) is 5.93. The zero-order valence-electron chi connectivity index (χ0n) is 7.15. The normalized spacial score (nSPS) is 8.69. The Bertz CT molecular complexity index is 233. The monoisotopic (exact) mass is 188 g/mol. The summed E-state index contributed by atoms with van der Waals surface area (Å²) in [6, 6.07) is 0. The van der Waals surface area contributed by atoms with Crippen LogP contribution >= 0.6 is 0 Å². The molecule has 0 aromatic carbocycles. The van der Waals surface area contributed by atoms with E-state index in [-0.39, 0.29) is 18.5 Å². The molecule has 13 heavy (non-hydrogen) atoms. The van der Waals surface area contributed by atoms with Gasteiger partial charge < -0.3 is 26.9 Å².